The number of rotatable bonds is 13. The van der Waals surface area contributed by atoms with Crippen molar-refractivity contribution in [3.63, 3.8) is 0 Å². The van der Waals surface area contributed by atoms with Crippen LogP contribution >= 0.6 is 11.8 Å². The van der Waals surface area contributed by atoms with Gasteiger partial charge in [0.2, 0.25) is 11.8 Å². The Morgan fingerprint density at radius 2 is 1.50 bits per heavy atom. The van der Waals surface area contributed by atoms with E-state index in [2.05, 4.69) is 16.0 Å². The van der Waals surface area contributed by atoms with Crippen LogP contribution in [-0.2, 0) is 32.0 Å². The standard InChI is InChI=1S/C28H37N3O4S/c1-20(2)19-28(36-21(3)32,31-25(33)17-11-16-22-12-7-5-8-13-22)27(35)30-24(26(34)29-4)18-23-14-9-6-10-15-23/h5-10,12-15,20,24H,11,16-19H2,1-4H3,(H,29,34)(H,30,35)(H,31,33)/t24-,28+/m0/s1. The number of nitrogens with one attached hydrogen (secondary N) is 3. The number of benzene rings is 2. The van der Waals surface area contributed by atoms with Crippen molar-refractivity contribution >= 4 is 34.6 Å². The van der Waals surface area contributed by atoms with Crippen LogP contribution < -0.4 is 16.0 Å². The highest BCUT2D eigenvalue weighted by atomic mass is 32.2. The zero-order chi connectivity index (χ0) is 26.6. The van der Waals surface area contributed by atoms with Crippen molar-refractivity contribution in [2.45, 2.75) is 63.8 Å². The number of thioether (sulfide) groups is 1. The maximum Gasteiger partial charge on any atom is 0.257 e. The van der Waals surface area contributed by atoms with E-state index in [9.17, 15) is 19.2 Å². The van der Waals surface area contributed by atoms with Crippen molar-refractivity contribution in [3.05, 3.63) is 71.8 Å². The van der Waals surface area contributed by atoms with Gasteiger partial charge in [-0.05, 0) is 36.3 Å². The molecule has 194 valence electrons. The Kier molecular flexibility index (Phi) is 11.7. The average molecular weight is 512 g/mol. The van der Waals surface area contributed by atoms with Crippen LogP contribution in [0.25, 0.3) is 0 Å². The van der Waals surface area contributed by atoms with E-state index in [4.69, 9.17) is 0 Å². The molecule has 0 radical (unpaired) electrons. The number of aryl methyl sites for hydroxylation is 1. The summed E-state index contributed by atoms with van der Waals surface area (Å²) in [4.78, 5) is 50.1. The zero-order valence-electron chi connectivity index (χ0n) is 21.5. The van der Waals surface area contributed by atoms with Gasteiger partial charge in [-0.15, -0.1) is 0 Å². The molecule has 0 aromatic heterocycles. The molecule has 7 nitrogen and oxygen atoms in total. The van der Waals surface area contributed by atoms with Crippen LogP contribution in [-0.4, -0.2) is 40.8 Å². The van der Waals surface area contributed by atoms with Gasteiger partial charge in [0.25, 0.3) is 5.91 Å². The van der Waals surface area contributed by atoms with E-state index in [1.807, 2.05) is 74.5 Å². The lowest BCUT2D eigenvalue weighted by Crippen LogP contribution is -2.61. The summed E-state index contributed by atoms with van der Waals surface area (Å²) in [5, 5.41) is 7.98. The molecule has 0 heterocycles. The molecule has 0 aliphatic rings. The van der Waals surface area contributed by atoms with Crippen molar-refractivity contribution in [2.75, 3.05) is 7.05 Å². The Balaban J connectivity index is 2.22. The van der Waals surface area contributed by atoms with Crippen LogP contribution in [0.2, 0.25) is 0 Å². The lowest BCUT2D eigenvalue weighted by molar-refractivity contribution is -0.133. The van der Waals surface area contributed by atoms with Gasteiger partial charge in [0.05, 0.1) is 0 Å². The molecule has 0 unspecified atom stereocenters. The number of carbonyl (C=O) groups is 4. The molecule has 8 heteroatoms. The number of likely N-dealkylation sites (N-methyl/N-ethyl adjacent to an activating group) is 1. The fourth-order valence-corrected chi connectivity index (χ4v) is 5.25. The highest BCUT2D eigenvalue weighted by Crippen LogP contribution is 2.31. The second kappa shape index (κ2) is 14.4. The van der Waals surface area contributed by atoms with Gasteiger partial charge in [-0.2, -0.15) is 0 Å². The van der Waals surface area contributed by atoms with Gasteiger partial charge in [0.1, 0.15) is 6.04 Å². The summed E-state index contributed by atoms with van der Waals surface area (Å²) in [6, 6.07) is 18.4. The third kappa shape index (κ3) is 9.49. The van der Waals surface area contributed by atoms with Gasteiger partial charge in [0, 0.05) is 26.8 Å². The van der Waals surface area contributed by atoms with Crippen molar-refractivity contribution in [3.8, 4) is 0 Å². The summed E-state index contributed by atoms with van der Waals surface area (Å²) in [5.74, 6) is -1.22. The maximum atomic E-state index is 13.7. The number of hydrogen-bond acceptors (Lipinski definition) is 5. The van der Waals surface area contributed by atoms with Crippen molar-refractivity contribution in [1.82, 2.24) is 16.0 Å². The SMILES string of the molecule is CNC(=O)[C@H](Cc1ccccc1)NC(=O)[C@](CC(C)C)(NC(=O)CCCc1ccccc1)SC(C)=O. The molecule has 2 aromatic carbocycles. The molecule has 36 heavy (non-hydrogen) atoms. The van der Waals surface area contributed by atoms with Crippen LogP contribution in [0, 0.1) is 5.92 Å². The molecule has 2 aromatic rings. The maximum absolute atomic E-state index is 13.7. The minimum atomic E-state index is -1.52. The fourth-order valence-electron chi connectivity index (χ4n) is 4.03. The molecular formula is C28H37N3O4S. The topological polar surface area (TPSA) is 104 Å². The third-order valence-electron chi connectivity index (χ3n) is 5.58. The van der Waals surface area contributed by atoms with Crippen LogP contribution in [0.4, 0.5) is 0 Å². The smallest absolute Gasteiger partial charge is 0.257 e. The summed E-state index contributed by atoms with van der Waals surface area (Å²) in [6.45, 7) is 5.21. The second-order valence-corrected chi connectivity index (χ2v) is 10.7. The van der Waals surface area contributed by atoms with Gasteiger partial charge in [-0.25, -0.2) is 0 Å². The van der Waals surface area contributed by atoms with Crippen molar-refractivity contribution in [2.24, 2.45) is 5.92 Å². The van der Waals surface area contributed by atoms with Gasteiger partial charge < -0.3 is 16.0 Å². The van der Waals surface area contributed by atoms with Crippen LogP contribution in [0.15, 0.2) is 60.7 Å². The zero-order valence-corrected chi connectivity index (χ0v) is 22.3. The van der Waals surface area contributed by atoms with Gasteiger partial charge in [-0.3, -0.25) is 19.2 Å². The summed E-state index contributed by atoms with van der Waals surface area (Å²) in [6.07, 6.45) is 2.06. The molecule has 0 aliphatic heterocycles. The molecular weight excluding hydrogens is 474 g/mol. The third-order valence-corrected chi connectivity index (χ3v) is 6.67. The Morgan fingerprint density at radius 1 is 0.917 bits per heavy atom. The highest BCUT2D eigenvalue weighted by molar-refractivity contribution is 8.15. The van der Waals surface area contributed by atoms with E-state index in [0.29, 0.717) is 6.42 Å². The Hall–Kier alpha value is -3.13. The average Bonchev–Trinajstić information content (AvgIpc) is 2.83. The highest BCUT2D eigenvalue weighted by Gasteiger charge is 2.44. The van der Waals surface area contributed by atoms with E-state index in [-0.39, 0.29) is 42.1 Å². The van der Waals surface area contributed by atoms with E-state index in [0.717, 1.165) is 29.3 Å². The first-order chi connectivity index (χ1) is 17.1. The summed E-state index contributed by atoms with van der Waals surface area (Å²) in [5.41, 5.74) is 2.01. The first kappa shape index (κ1) is 29.1. The Labute approximate surface area is 218 Å². The van der Waals surface area contributed by atoms with Crippen molar-refractivity contribution < 1.29 is 19.2 Å². The monoisotopic (exact) mass is 511 g/mol. The van der Waals surface area contributed by atoms with Crippen LogP contribution in [0.5, 0.6) is 0 Å². The van der Waals surface area contributed by atoms with E-state index in [1.165, 1.54) is 14.0 Å². The summed E-state index contributed by atoms with van der Waals surface area (Å²) >= 11 is 0.795. The molecule has 3 N–H and O–H groups in total. The quantitative estimate of drug-likeness (QED) is 0.356. The molecule has 0 spiro atoms. The molecule has 0 fully saturated rings. The molecule has 2 atom stereocenters. The molecule has 2 rings (SSSR count). The summed E-state index contributed by atoms with van der Waals surface area (Å²) < 4.78 is 0. The number of amides is 3. The molecule has 3 amide bonds. The number of hydrogen-bond donors (Lipinski definition) is 3. The van der Waals surface area contributed by atoms with E-state index in [1.54, 1.807) is 0 Å². The first-order valence-corrected chi connectivity index (χ1v) is 13.1. The van der Waals surface area contributed by atoms with Gasteiger partial charge in [0.15, 0.2) is 9.99 Å². The lowest BCUT2D eigenvalue weighted by atomic mass is 10.00. The molecule has 0 saturated heterocycles. The van der Waals surface area contributed by atoms with E-state index >= 15 is 0 Å². The first-order valence-electron chi connectivity index (χ1n) is 12.3. The lowest BCUT2D eigenvalue weighted by Gasteiger charge is -2.34. The fraction of sp³-hybridized carbons (Fsp3) is 0.429. The minimum absolute atomic E-state index is 0.000191. The summed E-state index contributed by atoms with van der Waals surface area (Å²) in [7, 11) is 1.51. The van der Waals surface area contributed by atoms with Crippen molar-refractivity contribution in [1.29, 1.82) is 0 Å². The van der Waals surface area contributed by atoms with Gasteiger partial charge >= 0.3 is 0 Å². The minimum Gasteiger partial charge on any atom is -0.357 e. The molecule has 0 saturated carbocycles. The second-order valence-electron chi connectivity index (χ2n) is 9.24. The van der Waals surface area contributed by atoms with Gasteiger partial charge in [-0.1, -0.05) is 86.3 Å². The Morgan fingerprint density at radius 3 is 2.03 bits per heavy atom. The molecule has 0 bridgehead atoms. The predicted octanol–water partition coefficient (Wildman–Crippen LogP) is 3.62. The largest absolute Gasteiger partial charge is 0.357 e. The normalized spacial score (nSPS) is 13.4. The Bertz CT molecular complexity index is 1010. The van der Waals surface area contributed by atoms with E-state index < -0.39 is 16.8 Å². The predicted molar refractivity (Wildman–Crippen MR) is 144 cm³/mol. The van der Waals surface area contributed by atoms with Crippen LogP contribution in [0.3, 0.4) is 0 Å². The number of carbonyl (C=O) groups excluding carboxylic acids is 4. The molecule has 0 aliphatic carbocycles. The van der Waals surface area contributed by atoms with Crippen LogP contribution in [0.1, 0.15) is 51.2 Å².